The lowest BCUT2D eigenvalue weighted by Crippen LogP contribution is -2.18. The number of carbonyl (C=O) groups excluding carboxylic acids is 2. The van der Waals surface area contributed by atoms with E-state index in [4.69, 9.17) is 4.74 Å². The topological polar surface area (TPSA) is 80.3 Å². The molecule has 0 bridgehead atoms. The number of aryl methyl sites for hydroxylation is 2. The van der Waals surface area contributed by atoms with E-state index < -0.39 is 0 Å². The van der Waals surface area contributed by atoms with Crippen LogP contribution in [0.1, 0.15) is 32.0 Å². The number of pyridine rings is 1. The molecule has 4 aromatic rings. The van der Waals surface area contributed by atoms with Gasteiger partial charge in [0.25, 0.3) is 11.8 Å². The van der Waals surface area contributed by atoms with Gasteiger partial charge in [-0.15, -0.1) is 0 Å². The molecule has 0 aliphatic heterocycles. The average Bonchev–Trinajstić information content (AvgIpc) is 2.77. The Kier molecular flexibility index (Phi) is 5.85. The van der Waals surface area contributed by atoms with Gasteiger partial charge in [0.2, 0.25) is 0 Å². The standard InChI is InChI=1S/C26H23N3O3/c1-16-11-17(2)13-19(12-16)29-25(30)23-6-4-5-18-14-20(7-8-22(18)23)32-21-9-10-28-24(15-21)26(31)27-3/h4-15H,1-3H3,(H,27,31)(H,29,30). The number of rotatable bonds is 5. The van der Waals surface area contributed by atoms with Crippen molar-refractivity contribution in [3.05, 3.63) is 95.3 Å². The van der Waals surface area contributed by atoms with Crippen molar-refractivity contribution >= 4 is 28.3 Å². The molecule has 4 rings (SSSR count). The summed E-state index contributed by atoms with van der Waals surface area (Å²) >= 11 is 0. The number of hydrogen-bond acceptors (Lipinski definition) is 4. The maximum absolute atomic E-state index is 13.0. The second kappa shape index (κ2) is 8.89. The summed E-state index contributed by atoms with van der Waals surface area (Å²) in [5.41, 5.74) is 3.82. The molecule has 1 heterocycles. The Morgan fingerprint density at radius 3 is 2.34 bits per heavy atom. The van der Waals surface area contributed by atoms with Crippen LogP contribution in [-0.4, -0.2) is 23.8 Å². The van der Waals surface area contributed by atoms with Gasteiger partial charge < -0.3 is 15.4 Å². The summed E-state index contributed by atoms with van der Waals surface area (Å²) in [6.07, 6.45) is 1.52. The van der Waals surface area contributed by atoms with E-state index in [1.54, 1.807) is 31.3 Å². The summed E-state index contributed by atoms with van der Waals surface area (Å²) in [6.45, 7) is 4.01. The Morgan fingerprint density at radius 1 is 0.844 bits per heavy atom. The Morgan fingerprint density at radius 2 is 1.59 bits per heavy atom. The Labute approximate surface area is 186 Å². The van der Waals surface area contributed by atoms with Crippen LogP contribution in [-0.2, 0) is 0 Å². The van der Waals surface area contributed by atoms with Gasteiger partial charge in [-0.05, 0) is 78.2 Å². The first kappa shape index (κ1) is 21.1. The van der Waals surface area contributed by atoms with Gasteiger partial charge >= 0.3 is 0 Å². The number of carbonyl (C=O) groups is 2. The fourth-order valence-corrected chi connectivity index (χ4v) is 3.63. The van der Waals surface area contributed by atoms with E-state index in [9.17, 15) is 9.59 Å². The molecular formula is C26H23N3O3. The summed E-state index contributed by atoms with van der Waals surface area (Å²) in [4.78, 5) is 28.8. The monoisotopic (exact) mass is 425 g/mol. The van der Waals surface area contributed by atoms with E-state index in [2.05, 4.69) is 21.7 Å². The molecule has 3 aromatic carbocycles. The molecule has 2 N–H and O–H groups in total. The third-order valence-electron chi connectivity index (χ3n) is 5.00. The summed E-state index contributed by atoms with van der Waals surface area (Å²) in [5, 5.41) is 7.23. The second-order valence-corrected chi connectivity index (χ2v) is 7.58. The Balaban J connectivity index is 1.60. The van der Waals surface area contributed by atoms with Crippen LogP contribution in [0.2, 0.25) is 0 Å². The maximum atomic E-state index is 13.0. The van der Waals surface area contributed by atoms with E-state index >= 15 is 0 Å². The minimum absolute atomic E-state index is 0.168. The van der Waals surface area contributed by atoms with Crippen molar-refractivity contribution in [2.45, 2.75) is 13.8 Å². The number of nitrogens with zero attached hydrogens (tertiary/aromatic N) is 1. The zero-order valence-corrected chi connectivity index (χ0v) is 18.1. The highest BCUT2D eigenvalue weighted by Gasteiger charge is 2.12. The normalized spacial score (nSPS) is 10.6. The molecule has 160 valence electrons. The SMILES string of the molecule is CNC(=O)c1cc(Oc2ccc3c(C(=O)Nc4cc(C)cc(C)c4)cccc3c2)ccn1. The molecule has 32 heavy (non-hydrogen) atoms. The number of anilines is 1. The molecule has 0 atom stereocenters. The van der Waals surface area contributed by atoms with Gasteiger partial charge in [0, 0.05) is 30.6 Å². The van der Waals surface area contributed by atoms with Gasteiger partial charge in [0.15, 0.2) is 0 Å². The molecule has 0 aliphatic rings. The average molecular weight is 425 g/mol. The lowest BCUT2D eigenvalue weighted by Gasteiger charge is -2.11. The van der Waals surface area contributed by atoms with Crippen LogP contribution in [0.15, 0.2) is 72.9 Å². The molecule has 0 unspecified atom stereocenters. The first-order valence-corrected chi connectivity index (χ1v) is 10.2. The molecule has 0 radical (unpaired) electrons. The fraction of sp³-hybridized carbons (Fsp3) is 0.115. The highest BCUT2D eigenvalue weighted by atomic mass is 16.5. The number of hydrogen-bond donors (Lipinski definition) is 2. The van der Waals surface area contributed by atoms with Gasteiger partial charge in [0.1, 0.15) is 17.2 Å². The molecule has 0 saturated heterocycles. The predicted octanol–water partition coefficient (Wildman–Crippen LogP) is 5.26. The highest BCUT2D eigenvalue weighted by molar-refractivity contribution is 6.13. The van der Waals surface area contributed by atoms with Crippen LogP contribution < -0.4 is 15.4 Å². The van der Waals surface area contributed by atoms with E-state index in [0.717, 1.165) is 27.6 Å². The smallest absolute Gasteiger partial charge is 0.269 e. The quantitative estimate of drug-likeness (QED) is 0.457. The fourth-order valence-electron chi connectivity index (χ4n) is 3.63. The van der Waals surface area contributed by atoms with Crippen LogP contribution in [0.4, 0.5) is 5.69 Å². The maximum Gasteiger partial charge on any atom is 0.269 e. The number of amides is 2. The third kappa shape index (κ3) is 4.59. The number of ether oxygens (including phenoxy) is 1. The van der Waals surface area contributed by atoms with Crippen LogP contribution in [0.3, 0.4) is 0 Å². The third-order valence-corrected chi connectivity index (χ3v) is 5.00. The van der Waals surface area contributed by atoms with Crippen LogP contribution in [0.5, 0.6) is 11.5 Å². The largest absolute Gasteiger partial charge is 0.457 e. The number of fused-ring (bicyclic) bond motifs is 1. The molecule has 0 aliphatic carbocycles. The Bertz CT molecular complexity index is 1310. The molecule has 0 saturated carbocycles. The van der Waals surface area contributed by atoms with Crippen LogP contribution in [0, 0.1) is 13.8 Å². The zero-order valence-electron chi connectivity index (χ0n) is 18.1. The van der Waals surface area contributed by atoms with Gasteiger partial charge in [-0.25, -0.2) is 0 Å². The van der Waals surface area contributed by atoms with Gasteiger partial charge in [-0.3, -0.25) is 14.6 Å². The second-order valence-electron chi connectivity index (χ2n) is 7.58. The minimum atomic E-state index is -0.284. The predicted molar refractivity (Wildman–Crippen MR) is 126 cm³/mol. The number of aromatic nitrogens is 1. The van der Waals surface area contributed by atoms with Crippen molar-refractivity contribution in [2.75, 3.05) is 12.4 Å². The van der Waals surface area contributed by atoms with Crippen LogP contribution >= 0.6 is 0 Å². The van der Waals surface area contributed by atoms with Crippen molar-refractivity contribution in [3.63, 3.8) is 0 Å². The molecule has 6 nitrogen and oxygen atoms in total. The van der Waals surface area contributed by atoms with Crippen molar-refractivity contribution < 1.29 is 14.3 Å². The molecule has 1 aromatic heterocycles. The van der Waals surface area contributed by atoms with Crippen molar-refractivity contribution in [2.24, 2.45) is 0 Å². The summed E-state index contributed by atoms with van der Waals surface area (Å²) in [5.74, 6) is 0.645. The summed E-state index contributed by atoms with van der Waals surface area (Å²) < 4.78 is 5.92. The van der Waals surface area contributed by atoms with Gasteiger partial charge in [-0.1, -0.05) is 18.2 Å². The molecular weight excluding hydrogens is 402 g/mol. The molecule has 0 fully saturated rings. The van der Waals surface area contributed by atoms with Crippen molar-refractivity contribution in [1.82, 2.24) is 10.3 Å². The summed E-state index contributed by atoms with van der Waals surface area (Å²) in [6, 6.07) is 20.3. The van der Waals surface area contributed by atoms with E-state index in [1.807, 2.05) is 50.2 Å². The first-order valence-electron chi connectivity index (χ1n) is 10.2. The summed E-state index contributed by atoms with van der Waals surface area (Å²) in [7, 11) is 1.55. The highest BCUT2D eigenvalue weighted by Crippen LogP contribution is 2.28. The lowest BCUT2D eigenvalue weighted by atomic mass is 10.0. The van der Waals surface area contributed by atoms with Gasteiger partial charge in [-0.2, -0.15) is 0 Å². The molecule has 6 heteroatoms. The molecule has 2 amide bonds. The van der Waals surface area contributed by atoms with Gasteiger partial charge in [0.05, 0.1) is 0 Å². The van der Waals surface area contributed by atoms with Crippen molar-refractivity contribution in [3.8, 4) is 11.5 Å². The van der Waals surface area contributed by atoms with Crippen molar-refractivity contribution in [1.29, 1.82) is 0 Å². The van der Waals surface area contributed by atoms with E-state index in [-0.39, 0.29) is 17.5 Å². The van der Waals surface area contributed by atoms with E-state index in [1.165, 1.54) is 6.20 Å². The molecule has 0 spiro atoms. The lowest BCUT2D eigenvalue weighted by molar-refractivity contribution is 0.0957. The van der Waals surface area contributed by atoms with Crippen LogP contribution in [0.25, 0.3) is 10.8 Å². The number of benzene rings is 3. The minimum Gasteiger partial charge on any atom is -0.457 e. The first-order chi connectivity index (χ1) is 15.4. The zero-order chi connectivity index (χ0) is 22.7. The number of nitrogens with one attached hydrogen (secondary N) is 2. The van der Waals surface area contributed by atoms with E-state index in [0.29, 0.717) is 17.1 Å². The Hall–Kier alpha value is -4.19.